The molecule has 0 spiro atoms. The number of anilines is 1. The fourth-order valence-corrected chi connectivity index (χ4v) is 6.72. The van der Waals surface area contributed by atoms with E-state index in [1.54, 1.807) is 13.1 Å². The zero-order chi connectivity index (χ0) is 28.4. The Balaban J connectivity index is 1.16. The van der Waals surface area contributed by atoms with Gasteiger partial charge in [0.05, 0.1) is 5.56 Å². The molecule has 1 aromatic carbocycles. The van der Waals surface area contributed by atoms with Gasteiger partial charge in [0.25, 0.3) is 5.91 Å². The lowest BCUT2D eigenvalue weighted by molar-refractivity contribution is -0.133. The highest BCUT2D eigenvalue weighted by atomic mass is 35.5. The Labute approximate surface area is 242 Å². The zero-order valence-electron chi connectivity index (χ0n) is 23.8. The Kier molecular flexibility index (Phi) is 8.76. The number of nitrogens with zero attached hydrogens (tertiary/aromatic N) is 5. The van der Waals surface area contributed by atoms with Gasteiger partial charge in [0, 0.05) is 81.3 Å². The molecule has 3 saturated heterocycles. The van der Waals surface area contributed by atoms with E-state index in [9.17, 15) is 14.4 Å². The molecule has 0 bridgehead atoms. The average molecular weight is 566 g/mol. The predicted octanol–water partition coefficient (Wildman–Crippen LogP) is 4.04. The highest BCUT2D eigenvalue weighted by Gasteiger charge is 2.41. The van der Waals surface area contributed by atoms with Crippen molar-refractivity contribution in [2.24, 2.45) is 17.8 Å². The number of hydrogen-bond acceptors (Lipinski definition) is 5. The van der Waals surface area contributed by atoms with Gasteiger partial charge in [-0.05, 0) is 81.3 Å². The van der Waals surface area contributed by atoms with E-state index in [0.29, 0.717) is 54.9 Å². The largest absolute Gasteiger partial charge is 0.343 e. The van der Waals surface area contributed by atoms with Gasteiger partial charge in [0.15, 0.2) is 0 Å². The fraction of sp³-hybridized carbons (Fsp3) is 0.548. The van der Waals surface area contributed by atoms with Crippen LogP contribution in [0, 0.1) is 31.6 Å². The molecule has 9 heteroatoms. The number of amides is 3. The van der Waals surface area contributed by atoms with E-state index in [1.807, 2.05) is 58.9 Å². The van der Waals surface area contributed by atoms with Crippen LogP contribution in [0.3, 0.4) is 0 Å². The molecule has 0 radical (unpaired) electrons. The van der Waals surface area contributed by atoms with Crippen LogP contribution >= 0.6 is 11.6 Å². The second kappa shape index (κ2) is 12.3. The van der Waals surface area contributed by atoms with Crippen LogP contribution in [0.15, 0.2) is 36.5 Å². The van der Waals surface area contributed by atoms with Crippen molar-refractivity contribution in [3.63, 3.8) is 0 Å². The van der Waals surface area contributed by atoms with Crippen molar-refractivity contribution in [2.75, 3.05) is 57.3 Å². The minimum atomic E-state index is -0.0891. The Bertz CT molecular complexity index is 1250. The lowest BCUT2D eigenvalue weighted by Crippen LogP contribution is -2.44. The van der Waals surface area contributed by atoms with Crippen molar-refractivity contribution >= 4 is 35.0 Å². The quantitative estimate of drug-likeness (QED) is 0.506. The number of aromatic nitrogens is 1. The first kappa shape index (κ1) is 28.6. The van der Waals surface area contributed by atoms with Crippen molar-refractivity contribution in [3.8, 4) is 0 Å². The third-order valence-corrected chi connectivity index (χ3v) is 9.37. The normalized spacial score (nSPS) is 21.5. The van der Waals surface area contributed by atoms with Gasteiger partial charge in [-0.2, -0.15) is 0 Å². The maximum atomic E-state index is 13.7. The van der Waals surface area contributed by atoms with Gasteiger partial charge in [-0.3, -0.25) is 19.4 Å². The van der Waals surface area contributed by atoms with Crippen molar-refractivity contribution in [3.05, 3.63) is 58.4 Å². The maximum Gasteiger partial charge on any atom is 0.255 e. The summed E-state index contributed by atoms with van der Waals surface area (Å²) in [6.07, 6.45) is 3.97. The maximum absolute atomic E-state index is 13.7. The molecule has 3 amide bonds. The van der Waals surface area contributed by atoms with E-state index in [0.717, 1.165) is 56.1 Å². The van der Waals surface area contributed by atoms with Gasteiger partial charge in [0.1, 0.15) is 0 Å². The van der Waals surface area contributed by atoms with E-state index >= 15 is 0 Å². The van der Waals surface area contributed by atoms with Crippen LogP contribution in [0.1, 0.15) is 47.8 Å². The standard InChI is InChI=1S/C31H40ClN5O3/c1-21-7-8-27(16-29(21)32)37(30(39)24-9-14-35(15-10-24)23(3)38)13-5-12-34-17-25-19-36(20-26(25)18-34)31(40)28-6-4-11-33-22(28)2/h4,6-8,11,16,24-26H,5,9-10,12-15,17-20H2,1-3H3. The molecule has 0 saturated carbocycles. The molecular weight excluding hydrogens is 526 g/mol. The summed E-state index contributed by atoms with van der Waals surface area (Å²) < 4.78 is 0. The summed E-state index contributed by atoms with van der Waals surface area (Å²) in [7, 11) is 0. The first-order chi connectivity index (χ1) is 19.2. The van der Waals surface area contributed by atoms with Gasteiger partial charge in [-0.15, -0.1) is 0 Å². The first-order valence-electron chi connectivity index (χ1n) is 14.5. The highest BCUT2D eigenvalue weighted by Crippen LogP contribution is 2.33. The second-order valence-corrected chi connectivity index (χ2v) is 12.1. The number of benzene rings is 1. The van der Waals surface area contributed by atoms with E-state index in [2.05, 4.69) is 9.88 Å². The molecule has 214 valence electrons. The molecule has 3 fully saturated rings. The SMILES string of the molecule is CC(=O)N1CCC(C(=O)N(CCCN2CC3CN(C(=O)c4cccnc4C)CC3C2)c2ccc(C)c(Cl)c2)CC1. The van der Waals surface area contributed by atoms with Gasteiger partial charge < -0.3 is 19.6 Å². The first-order valence-corrected chi connectivity index (χ1v) is 14.9. The second-order valence-electron chi connectivity index (χ2n) is 11.7. The third kappa shape index (κ3) is 6.18. The Morgan fingerprint density at radius 3 is 2.33 bits per heavy atom. The van der Waals surface area contributed by atoms with Crippen molar-refractivity contribution in [2.45, 2.75) is 40.0 Å². The van der Waals surface area contributed by atoms with Crippen LogP contribution in [0.4, 0.5) is 5.69 Å². The average Bonchev–Trinajstić information content (AvgIpc) is 3.51. The smallest absolute Gasteiger partial charge is 0.255 e. The number of rotatable bonds is 7. The molecular formula is C31H40ClN5O3. The molecule has 8 nitrogen and oxygen atoms in total. The summed E-state index contributed by atoms with van der Waals surface area (Å²) in [5.41, 5.74) is 3.31. The number of halogens is 1. The fourth-order valence-electron chi connectivity index (χ4n) is 6.55. The zero-order valence-corrected chi connectivity index (χ0v) is 24.6. The van der Waals surface area contributed by atoms with Gasteiger partial charge in [-0.25, -0.2) is 0 Å². The number of likely N-dealkylation sites (tertiary alicyclic amines) is 3. The number of hydrogen-bond donors (Lipinski definition) is 0. The highest BCUT2D eigenvalue weighted by molar-refractivity contribution is 6.31. The summed E-state index contributed by atoms with van der Waals surface area (Å²) in [6, 6.07) is 9.55. The number of carbonyl (C=O) groups is 3. The minimum absolute atomic E-state index is 0.0723. The molecule has 0 aliphatic carbocycles. The van der Waals surface area contributed by atoms with Crippen LogP contribution in [-0.2, 0) is 9.59 Å². The third-order valence-electron chi connectivity index (χ3n) is 8.97. The number of piperidine rings is 1. The Hall–Kier alpha value is -2.97. The number of pyridine rings is 1. The molecule has 3 aliphatic heterocycles. The van der Waals surface area contributed by atoms with E-state index in [1.165, 1.54) is 0 Å². The predicted molar refractivity (Wildman–Crippen MR) is 156 cm³/mol. The molecule has 4 heterocycles. The lowest BCUT2D eigenvalue weighted by atomic mass is 9.94. The topological polar surface area (TPSA) is 77.1 Å². The van der Waals surface area contributed by atoms with E-state index in [4.69, 9.17) is 11.6 Å². The lowest BCUT2D eigenvalue weighted by Gasteiger charge is -2.34. The molecule has 0 N–H and O–H groups in total. The van der Waals surface area contributed by atoms with Crippen LogP contribution in [0.5, 0.6) is 0 Å². The molecule has 2 atom stereocenters. The van der Waals surface area contributed by atoms with Crippen LogP contribution < -0.4 is 4.90 Å². The number of fused-ring (bicyclic) bond motifs is 1. The number of aryl methyl sites for hydroxylation is 2. The Morgan fingerprint density at radius 1 is 1.00 bits per heavy atom. The van der Waals surface area contributed by atoms with E-state index in [-0.39, 0.29) is 23.6 Å². The monoisotopic (exact) mass is 565 g/mol. The van der Waals surface area contributed by atoms with Crippen LogP contribution in [-0.4, -0.2) is 89.8 Å². The summed E-state index contributed by atoms with van der Waals surface area (Å²) in [4.78, 5) is 51.0. The minimum Gasteiger partial charge on any atom is -0.343 e. The van der Waals surface area contributed by atoms with Crippen molar-refractivity contribution < 1.29 is 14.4 Å². The summed E-state index contributed by atoms with van der Waals surface area (Å²) in [6.45, 7) is 11.8. The molecule has 1 aromatic heterocycles. The van der Waals surface area contributed by atoms with Crippen LogP contribution in [0.25, 0.3) is 0 Å². The van der Waals surface area contributed by atoms with Gasteiger partial charge in [0.2, 0.25) is 11.8 Å². The van der Waals surface area contributed by atoms with Gasteiger partial charge in [-0.1, -0.05) is 17.7 Å². The van der Waals surface area contributed by atoms with Crippen molar-refractivity contribution in [1.29, 1.82) is 0 Å². The summed E-state index contributed by atoms with van der Waals surface area (Å²) in [5, 5.41) is 0.662. The molecule has 40 heavy (non-hydrogen) atoms. The molecule has 3 aliphatic rings. The summed E-state index contributed by atoms with van der Waals surface area (Å²) in [5.74, 6) is 1.17. The van der Waals surface area contributed by atoms with E-state index < -0.39 is 0 Å². The number of carbonyl (C=O) groups excluding carboxylic acids is 3. The van der Waals surface area contributed by atoms with Gasteiger partial charge >= 0.3 is 0 Å². The summed E-state index contributed by atoms with van der Waals surface area (Å²) >= 11 is 6.45. The van der Waals surface area contributed by atoms with Crippen LogP contribution in [0.2, 0.25) is 5.02 Å². The Morgan fingerprint density at radius 2 is 1.70 bits per heavy atom. The molecule has 2 aromatic rings. The van der Waals surface area contributed by atoms with Crippen molar-refractivity contribution in [1.82, 2.24) is 19.7 Å². The molecule has 2 unspecified atom stereocenters. The molecule has 5 rings (SSSR count).